The summed E-state index contributed by atoms with van der Waals surface area (Å²) in [7, 11) is 0. The Morgan fingerprint density at radius 2 is 1.97 bits per heavy atom. The van der Waals surface area contributed by atoms with E-state index < -0.39 is 12.6 Å². The number of carbonyl (C=O) groups excluding carboxylic acids is 3. The fraction of sp³-hybridized carbons (Fsp3) is 0.560. The van der Waals surface area contributed by atoms with Gasteiger partial charge in [-0.1, -0.05) is 43.6 Å². The van der Waals surface area contributed by atoms with Gasteiger partial charge in [-0.25, -0.2) is 4.79 Å². The molecule has 2 aliphatic carbocycles. The van der Waals surface area contributed by atoms with Crippen LogP contribution in [0.4, 0.5) is 0 Å². The first-order chi connectivity index (χ1) is 14.3. The minimum absolute atomic E-state index is 0.0190. The third-order valence-electron chi connectivity index (χ3n) is 5.71. The quantitative estimate of drug-likeness (QED) is 0.217. The van der Waals surface area contributed by atoms with Crippen LogP contribution in [0.25, 0.3) is 0 Å². The number of esters is 1. The first kappa shape index (κ1) is 23.8. The lowest BCUT2D eigenvalue weighted by Crippen LogP contribution is -2.31. The van der Waals surface area contributed by atoms with Gasteiger partial charge in [-0.15, -0.1) is 0 Å². The van der Waals surface area contributed by atoms with Gasteiger partial charge < -0.3 is 9.47 Å². The van der Waals surface area contributed by atoms with Crippen molar-refractivity contribution < 1.29 is 23.9 Å². The van der Waals surface area contributed by atoms with E-state index >= 15 is 0 Å². The Bertz CT molecular complexity index is 796. The topological polar surface area (TPSA) is 69.7 Å². The molecule has 2 atom stereocenters. The fourth-order valence-electron chi connectivity index (χ4n) is 4.14. The number of rotatable bonds is 10. The van der Waals surface area contributed by atoms with Crippen molar-refractivity contribution in [3.8, 4) is 0 Å². The second-order valence-corrected chi connectivity index (χ2v) is 8.19. The molecular weight excluding hydrogens is 380 g/mol. The van der Waals surface area contributed by atoms with Crippen molar-refractivity contribution in [3.05, 3.63) is 46.8 Å². The highest BCUT2D eigenvalue weighted by atomic mass is 16.6. The first-order valence-electron chi connectivity index (χ1n) is 10.9. The maximum absolute atomic E-state index is 13.5. The van der Waals surface area contributed by atoms with Crippen LogP contribution in [-0.2, 0) is 23.9 Å². The van der Waals surface area contributed by atoms with Crippen LogP contribution in [0, 0.1) is 11.8 Å². The molecule has 2 rings (SSSR count). The molecule has 0 amide bonds. The molecule has 0 N–H and O–H groups in total. The van der Waals surface area contributed by atoms with E-state index in [0.717, 1.165) is 37.7 Å². The number of hydrogen-bond acceptors (Lipinski definition) is 5. The summed E-state index contributed by atoms with van der Waals surface area (Å²) in [5, 5.41) is 0. The van der Waals surface area contributed by atoms with Gasteiger partial charge in [0, 0.05) is 11.5 Å². The molecule has 5 nitrogen and oxygen atoms in total. The zero-order valence-electron chi connectivity index (χ0n) is 18.7. The summed E-state index contributed by atoms with van der Waals surface area (Å²) in [6, 6.07) is 0. The molecule has 0 saturated heterocycles. The summed E-state index contributed by atoms with van der Waals surface area (Å²) in [5.74, 6) is -1.30. The molecule has 164 valence electrons. The molecule has 2 aliphatic rings. The average Bonchev–Trinajstić information content (AvgIpc) is 2.69. The molecule has 0 radical (unpaired) electrons. The van der Waals surface area contributed by atoms with E-state index in [0.29, 0.717) is 17.6 Å². The lowest BCUT2D eigenvalue weighted by molar-refractivity contribution is -0.147. The number of carbonyl (C=O) groups is 3. The van der Waals surface area contributed by atoms with Crippen LogP contribution in [0.3, 0.4) is 0 Å². The molecule has 0 spiro atoms. The summed E-state index contributed by atoms with van der Waals surface area (Å²) in [6.45, 7) is 11.8. The Balaban J connectivity index is 2.45. The molecule has 30 heavy (non-hydrogen) atoms. The highest BCUT2D eigenvalue weighted by molar-refractivity contribution is 6.22. The van der Waals surface area contributed by atoms with Crippen LogP contribution in [-0.4, -0.2) is 30.7 Å². The number of ether oxygens (including phenoxy) is 2. The molecule has 0 aliphatic heterocycles. The van der Waals surface area contributed by atoms with Gasteiger partial charge in [0.25, 0.3) is 0 Å². The highest BCUT2D eigenvalue weighted by Gasteiger charge is 2.38. The van der Waals surface area contributed by atoms with Gasteiger partial charge in [-0.3, -0.25) is 9.59 Å². The summed E-state index contributed by atoms with van der Waals surface area (Å²) >= 11 is 0. The van der Waals surface area contributed by atoms with Gasteiger partial charge in [0.15, 0.2) is 18.1 Å². The first-order valence-corrected chi connectivity index (χ1v) is 10.9. The van der Waals surface area contributed by atoms with Crippen LogP contribution in [0.15, 0.2) is 46.8 Å². The summed E-state index contributed by atoms with van der Waals surface area (Å²) < 4.78 is 10.5. The minimum Gasteiger partial charge on any atom is -0.477 e. The largest absolute Gasteiger partial charge is 0.477 e. The zero-order valence-corrected chi connectivity index (χ0v) is 18.7. The molecule has 0 heterocycles. The number of hydrogen-bond donors (Lipinski definition) is 0. The normalized spacial score (nSPS) is 21.9. The maximum Gasteiger partial charge on any atom is 0.344 e. The van der Waals surface area contributed by atoms with Crippen LogP contribution in [0.5, 0.6) is 0 Å². The molecule has 0 aromatic carbocycles. The van der Waals surface area contributed by atoms with Gasteiger partial charge in [0.05, 0.1) is 12.2 Å². The zero-order chi connectivity index (χ0) is 22.3. The van der Waals surface area contributed by atoms with Crippen molar-refractivity contribution in [1.29, 1.82) is 0 Å². The molecule has 0 aromatic heterocycles. The maximum atomic E-state index is 13.5. The molecule has 1 unspecified atom stereocenters. The standard InChI is InChI=1S/C25H34O5/c1-6-8-9-10-18-14-21(26)25(30-15-22(27)29-7-2)23(24(18)28)20-13-17(5)11-12-19(20)16(3)4/h13-14,19-20H,3,6-12,15H2,1-2,4-5H3/t19-,20?/m0/s1. The van der Waals surface area contributed by atoms with Crippen molar-refractivity contribution in [1.82, 2.24) is 0 Å². The Labute approximate surface area is 179 Å². The van der Waals surface area contributed by atoms with E-state index in [4.69, 9.17) is 9.47 Å². The van der Waals surface area contributed by atoms with E-state index in [-0.39, 0.29) is 35.8 Å². The number of Topliss-reactive ketones (excluding diaryl/α,β-unsaturated/α-hetero) is 1. The number of ketones is 2. The van der Waals surface area contributed by atoms with E-state index in [2.05, 4.69) is 19.6 Å². The SMILES string of the molecule is C=C(C)[C@@H]1CCC(C)=CC1C1=C(OCC(=O)OCC)C(=O)C=C(CCCCC)C1=O. The Morgan fingerprint density at radius 3 is 2.60 bits per heavy atom. The fourth-order valence-corrected chi connectivity index (χ4v) is 4.14. The molecule has 5 heteroatoms. The van der Waals surface area contributed by atoms with Crippen molar-refractivity contribution in [3.63, 3.8) is 0 Å². The van der Waals surface area contributed by atoms with Gasteiger partial charge in [0.2, 0.25) is 5.78 Å². The van der Waals surface area contributed by atoms with Crippen LogP contribution in [0.2, 0.25) is 0 Å². The Hall–Kier alpha value is -2.43. The van der Waals surface area contributed by atoms with E-state index in [1.54, 1.807) is 6.92 Å². The average molecular weight is 415 g/mol. The Kier molecular flexibility index (Phi) is 8.82. The van der Waals surface area contributed by atoms with Gasteiger partial charge in [0.1, 0.15) is 0 Å². The molecule has 0 fully saturated rings. The predicted octanol–water partition coefficient (Wildman–Crippen LogP) is 5.03. The van der Waals surface area contributed by atoms with E-state index in [1.807, 2.05) is 13.8 Å². The lowest BCUT2D eigenvalue weighted by atomic mass is 9.70. The van der Waals surface area contributed by atoms with E-state index in [1.165, 1.54) is 11.6 Å². The summed E-state index contributed by atoms with van der Waals surface area (Å²) in [6.07, 6.45) is 8.71. The smallest absolute Gasteiger partial charge is 0.344 e. The van der Waals surface area contributed by atoms with Gasteiger partial charge in [-0.05, 0) is 58.4 Å². The van der Waals surface area contributed by atoms with Crippen LogP contribution >= 0.6 is 0 Å². The Morgan fingerprint density at radius 1 is 1.23 bits per heavy atom. The number of allylic oxidation sites excluding steroid dienone is 6. The molecule has 0 saturated carbocycles. The third-order valence-corrected chi connectivity index (χ3v) is 5.71. The van der Waals surface area contributed by atoms with Crippen LogP contribution in [0.1, 0.15) is 66.2 Å². The monoisotopic (exact) mass is 414 g/mol. The summed E-state index contributed by atoms with van der Waals surface area (Å²) in [5.41, 5.74) is 3.05. The van der Waals surface area contributed by atoms with Gasteiger partial charge >= 0.3 is 5.97 Å². The van der Waals surface area contributed by atoms with Crippen molar-refractivity contribution in [2.45, 2.75) is 66.2 Å². The summed E-state index contributed by atoms with van der Waals surface area (Å²) in [4.78, 5) is 38.3. The molecular formula is C25H34O5. The second kappa shape index (κ2) is 11.1. The second-order valence-electron chi connectivity index (χ2n) is 8.19. The molecule has 0 bridgehead atoms. The highest BCUT2D eigenvalue weighted by Crippen LogP contribution is 2.41. The van der Waals surface area contributed by atoms with Crippen molar-refractivity contribution in [2.24, 2.45) is 11.8 Å². The van der Waals surface area contributed by atoms with Crippen LogP contribution < -0.4 is 0 Å². The van der Waals surface area contributed by atoms with Gasteiger partial charge in [-0.2, -0.15) is 0 Å². The minimum atomic E-state index is -0.561. The predicted molar refractivity (Wildman–Crippen MR) is 117 cm³/mol. The van der Waals surface area contributed by atoms with E-state index in [9.17, 15) is 14.4 Å². The lowest BCUT2D eigenvalue weighted by Gasteiger charge is -2.33. The molecule has 0 aromatic rings. The number of unbranched alkanes of at least 4 members (excludes halogenated alkanes) is 2. The van der Waals surface area contributed by atoms with Crippen molar-refractivity contribution in [2.75, 3.05) is 13.2 Å². The van der Waals surface area contributed by atoms with Crippen molar-refractivity contribution >= 4 is 17.5 Å². The third kappa shape index (κ3) is 5.80.